The van der Waals surface area contributed by atoms with Gasteiger partial charge < -0.3 is 9.15 Å². The Hall–Kier alpha value is -1.89. The van der Waals surface area contributed by atoms with Crippen molar-refractivity contribution < 1.29 is 13.9 Å². The van der Waals surface area contributed by atoms with E-state index in [1.165, 1.54) is 0 Å². The zero-order chi connectivity index (χ0) is 14.8. The summed E-state index contributed by atoms with van der Waals surface area (Å²) >= 11 is 0. The number of carbonyl (C=O) groups is 1. The minimum absolute atomic E-state index is 0.328. The number of furan rings is 1. The Bertz CT molecular complexity index is 647. The van der Waals surface area contributed by atoms with Crippen molar-refractivity contribution in [3.05, 3.63) is 35.6 Å². The largest absolute Gasteiger partial charge is 0.459 e. The Morgan fingerprint density at radius 2 is 2.29 bits per heavy atom. The molecule has 3 rings (SSSR count). The van der Waals surface area contributed by atoms with E-state index in [4.69, 9.17) is 15.0 Å². The van der Waals surface area contributed by atoms with Gasteiger partial charge in [-0.25, -0.2) is 5.84 Å². The first-order chi connectivity index (χ1) is 10.2. The molecule has 1 aliphatic rings. The fraction of sp³-hybridized carbons (Fsp3) is 0.400. The van der Waals surface area contributed by atoms with Gasteiger partial charge in [-0.3, -0.25) is 15.1 Å². The molecule has 1 fully saturated rings. The molecule has 0 aliphatic carbocycles. The summed E-state index contributed by atoms with van der Waals surface area (Å²) in [6.07, 6.45) is 0.995. The average Bonchev–Trinajstić information content (AvgIpc) is 3.13. The summed E-state index contributed by atoms with van der Waals surface area (Å²) in [4.78, 5) is 14.2. The molecule has 1 amide bonds. The molecule has 0 radical (unpaired) electrons. The van der Waals surface area contributed by atoms with E-state index in [0.29, 0.717) is 29.5 Å². The number of nitrogens with zero attached hydrogens (tertiary/aromatic N) is 1. The standard InChI is InChI=1S/C15H19N3O3/c1-18(10-6-7-20-9-10)8-13-14(15(19)17-16)11-4-2-3-5-12(11)21-13/h2-5,10H,6-9,16H2,1H3,(H,17,19). The van der Waals surface area contributed by atoms with Crippen LogP contribution in [0, 0.1) is 0 Å². The van der Waals surface area contributed by atoms with E-state index in [0.717, 1.165) is 25.0 Å². The number of nitrogens with two attached hydrogens (primary N) is 1. The van der Waals surface area contributed by atoms with Crippen LogP contribution in [0.5, 0.6) is 0 Å². The van der Waals surface area contributed by atoms with Gasteiger partial charge >= 0.3 is 0 Å². The van der Waals surface area contributed by atoms with Crippen molar-refractivity contribution in [3.63, 3.8) is 0 Å². The monoisotopic (exact) mass is 289 g/mol. The predicted octanol–water partition coefficient (Wildman–Crippen LogP) is 1.26. The Balaban J connectivity index is 1.94. The lowest BCUT2D eigenvalue weighted by atomic mass is 10.1. The Labute approximate surface area is 122 Å². The van der Waals surface area contributed by atoms with Gasteiger partial charge in [0.1, 0.15) is 11.3 Å². The van der Waals surface area contributed by atoms with E-state index >= 15 is 0 Å². The van der Waals surface area contributed by atoms with Crippen molar-refractivity contribution in [1.29, 1.82) is 0 Å². The smallest absolute Gasteiger partial charge is 0.269 e. The maximum atomic E-state index is 12.1. The molecule has 0 spiro atoms. The number of hydrazine groups is 1. The third-order valence-electron chi connectivity index (χ3n) is 3.95. The van der Waals surface area contributed by atoms with Crippen LogP contribution < -0.4 is 11.3 Å². The first-order valence-corrected chi connectivity index (χ1v) is 7.00. The summed E-state index contributed by atoms with van der Waals surface area (Å²) in [7, 11) is 2.01. The van der Waals surface area contributed by atoms with Crippen LogP contribution in [-0.4, -0.2) is 37.1 Å². The molecule has 0 bridgehead atoms. The van der Waals surface area contributed by atoms with Gasteiger partial charge in [-0.2, -0.15) is 0 Å². The van der Waals surface area contributed by atoms with Crippen molar-refractivity contribution in [3.8, 4) is 0 Å². The van der Waals surface area contributed by atoms with Crippen LogP contribution in [-0.2, 0) is 11.3 Å². The molecule has 1 atom stereocenters. The summed E-state index contributed by atoms with van der Waals surface area (Å²) in [5, 5.41) is 0.784. The normalized spacial score (nSPS) is 18.5. The highest BCUT2D eigenvalue weighted by atomic mass is 16.5. The van der Waals surface area contributed by atoms with E-state index < -0.39 is 0 Å². The van der Waals surface area contributed by atoms with Crippen LogP contribution in [0.3, 0.4) is 0 Å². The highest BCUT2D eigenvalue weighted by Gasteiger charge is 2.25. The molecule has 0 saturated carbocycles. The minimum Gasteiger partial charge on any atom is -0.459 e. The lowest BCUT2D eigenvalue weighted by molar-refractivity contribution is 0.0950. The average molecular weight is 289 g/mol. The number of para-hydroxylation sites is 1. The molecule has 1 aromatic carbocycles. The number of ether oxygens (including phenoxy) is 1. The third-order valence-corrected chi connectivity index (χ3v) is 3.95. The van der Waals surface area contributed by atoms with Crippen molar-refractivity contribution in [2.75, 3.05) is 20.3 Å². The van der Waals surface area contributed by atoms with Crippen LogP contribution >= 0.6 is 0 Å². The summed E-state index contributed by atoms with van der Waals surface area (Å²) in [5.41, 5.74) is 3.41. The van der Waals surface area contributed by atoms with Crippen molar-refractivity contribution in [1.82, 2.24) is 10.3 Å². The van der Waals surface area contributed by atoms with Gasteiger partial charge in [0.05, 0.1) is 18.7 Å². The highest BCUT2D eigenvalue weighted by Crippen LogP contribution is 2.27. The van der Waals surface area contributed by atoms with Gasteiger partial charge in [0.15, 0.2) is 0 Å². The van der Waals surface area contributed by atoms with Crippen molar-refractivity contribution >= 4 is 16.9 Å². The van der Waals surface area contributed by atoms with Crippen LogP contribution in [0.1, 0.15) is 22.5 Å². The fourth-order valence-corrected chi connectivity index (χ4v) is 2.75. The third kappa shape index (κ3) is 2.65. The van der Waals surface area contributed by atoms with Gasteiger partial charge in [-0.1, -0.05) is 18.2 Å². The molecule has 3 N–H and O–H groups in total. The SMILES string of the molecule is CN(Cc1oc2ccccc2c1C(=O)NN)C1CCOC1. The number of hydrogen-bond donors (Lipinski definition) is 2. The zero-order valence-corrected chi connectivity index (χ0v) is 12.0. The van der Waals surface area contributed by atoms with Crippen LogP contribution in [0.25, 0.3) is 11.0 Å². The number of hydrogen-bond acceptors (Lipinski definition) is 5. The number of nitrogens with one attached hydrogen (secondary N) is 1. The molecule has 2 aromatic rings. The van der Waals surface area contributed by atoms with Crippen molar-refractivity contribution in [2.24, 2.45) is 5.84 Å². The zero-order valence-electron chi connectivity index (χ0n) is 12.0. The number of carbonyl (C=O) groups excluding carboxylic acids is 1. The van der Waals surface area contributed by atoms with Gasteiger partial charge in [0.2, 0.25) is 0 Å². The summed E-state index contributed by atoms with van der Waals surface area (Å²) in [5.74, 6) is 5.61. The maximum absolute atomic E-state index is 12.1. The maximum Gasteiger partial charge on any atom is 0.269 e. The number of nitrogen functional groups attached to an aromatic ring is 1. The van der Waals surface area contributed by atoms with Crippen molar-refractivity contribution in [2.45, 2.75) is 19.0 Å². The second-order valence-electron chi connectivity index (χ2n) is 5.30. The molecular formula is C15H19N3O3. The molecule has 1 unspecified atom stereocenters. The first kappa shape index (κ1) is 14.1. The Morgan fingerprint density at radius 1 is 1.48 bits per heavy atom. The van der Waals surface area contributed by atoms with E-state index in [2.05, 4.69) is 10.3 Å². The topological polar surface area (TPSA) is 80.7 Å². The minimum atomic E-state index is -0.328. The second kappa shape index (κ2) is 5.85. The molecule has 1 saturated heterocycles. The number of benzene rings is 1. The summed E-state index contributed by atoms with van der Waals surface area (Å²) in [6.45, 7) is 2.05. The van der Waals surface area contributed by atoms with E-state index in [1.54, 1.807) is 0 Å². The van der Waals surface area contributed by atoms with Crippen LogP contribution in [0.4, 0.5) is 0 Å². The molecule has 112 valence electrons. The quantitative estimate of drug-likeness (QED) is 0.503. The summed E-state index contributed by atoms with van der Waals surface area (Å²) in [6, 6.07) is 7.83. The Kier molecular flexibility index (Phi) is 3.92. The lowest BCUT2D eigenvalue weighted by Crippen LogP contribution is -2.33. The molecule has 1 aromatic heterocycles. The molecule has 1 aliphatic heterocycles. The van der Waals surface area contributed by atoms with E-state index in [-0.39, 0.29) is 5.91 Å². The van der Waals surface area contributed by atoms with Crippen LogP contribution in [0.15, 0.2) is 28.7 Å². The Morgan fingerprint density at radius 3 is 3.00 bits per heavy atom. The number of likely N-dealkylation sites (N-methyl/N-ethyl adjacent to an activating group) is 1. The van der Waals surface area contributed by atoms with Crippen LogP contribution in [0.2, 0.25) is 0 Å². The molecule has 6 heteroatoms. The molecule has 2 heterocycles. The number of fused-ring (bicyclic) bond motifs is 1. The molecule has 21 heavy (non-hydrogen) atoms. The van der Waals surface area contributed by atoms with E-state index in [1.807, 2.05) is 31.3 Å². The van der Waals surface area contributed by atoms with Gasteiger partial charge in [0.25, 0.3) is 5.91 Å². The second-order valence-corrected chi connectivity index (χ2v) is 5.30. The number of amides is 1. The molecule has 6 nitrogen and oxygen atoms in total. The van der Waals surface area contributed by atoms with Gasteiger partial charge in [-0.05, 0) is 19.5 Å². The van der Waals surface area contributed by atoms with Gasteiger partial charge in [0, 0.05) is 18.0 Å². The lowest BCUT2D eigenvalue weighted by Gasteiger charge is -2.21. The van der Waals surface area contributed by atoms with Gasteiger partial charge in [-0.15, -0.1) is 0 Å². The van der Waals surface area contributed by atoms with E-state index in [9.17, 15) is 4.79 Å². The fourth-order valence-electron chi connectivity index (χ4n) is 2.75. The summed E-state index contributed by atoms with van der Waals surface area (Å²) < 4.78 is 11.3. The molecular weight excluding hydrogens is 270 g/mol. The first-order valence-electron chi connectivity index (χ1n) is 7.00. The number of rotatable bonds is 4. The predicted molar refractivity (Wildman–Crippen MR) is 78.6 cm³/mol. The highest BCUT2D eigenvalue weighted by molar-refractivity contribution is 6.07.